The van der Waals surface area contributed by atoms with E-state index in [0.717, 1.165) is 11.1 Å². The van der Waals surface area contributed by atoms with Crippen molar-refractivity contribution in [2.45, 2.75) is 31.5 Å². The Labute approximate surface area is 210 Å². The number of benzene rings is 2. The molecule has 0 saturated heterocycles. The van der Waals surface area contributed by atoms with Gasteiger partial charge < -0.3 is 26.0 Å². The number of rotatable bonds is 10. The summed E-state index contributed by atoms with van der Waals surface area (Å²) in [6.07, 6.45) is 1.49. The Hall–Kier alpha value is -5.00. The van der Waals surface area contributed by atoms with Gasteiger partial charge in [0.25, 0.3) is 5.56 Å². The SMILES string of the molecule is Nc1nc2c(ncn2CC(=O)NC(Cc2ccccc2)C(=O)NC(Cc2ccccc2)C(=O)O)c(=O)[nH]1. The molecule has 6 N–H and O–H groups in total. The van der Waals surface area contributed by atoms with E-state index in [4.69, 9.17) is 5.73 Å². The number of aromatic amines is 1. The van der Waals surface area contributed by atoms with Crippen molar-refractivity contribution in [2.75, 3.05) is 5.73 Å². The summed E-state index contributed by atoms with van der Waals surface area (Å²) in [4.78, 5) is 60.4. The van der Waals surface area contributed by atoms with Gasteiger partial charge in [0.1, 0.15) is 18.6 Å². The summed E-state index contributed by atoms with van der Waals surface area (Å²) in [6, 6.07) is 15.7. The van der Waals surface area contributed by atoms with Crippen molar-refractivity contribution in [1.29, 1.82) is 0 Å². The number of fused-ring (bicyclic) bond motifs is 1. The minimum atomic E-state index is -1.19. The number of carbonyl (C=O) groups excluding carboxylic acids is 2. The number of nitrogens with two attached hydrogens (primary N) is 1. The first-order valence-electron chi connectivity index (χ1n) is 11.4. The Balaban J connectivity index is 1.52. The van der Waals surface area contributed by atoms with Crippen LogP contribution in [0.5, 0.6) is 0 Å². The molecule has 2 unspecified atom stereocenters. The Morgan fingerprint density at radius 3 is 2.14 bits per heavy atom. The smallest absolute Gasteiger partial charge is 0.326 e. The van der Waals surface area contributed by atoms with Gasteiger partial charge in [0.05, 0.1) is 6.33 Å². The van der Waals surface area contributed by atoms with Gasteiger partial charge >= 0.3 is 5.97 Å². The lowest BCUT2D eigenvalue weighted by atomic mass is 10.0. The average Bonchev–Trinajstić information content (AvgIpc) is 3.27. The minimum Gasteiger partial charge on any atom is -0.480 e. The molecule has 2 amide bonds. The van der Waals surface area contributed by atoms with E-state index in [0.29, 0.717) is 0 Å². The molecule has 2 heterocycles. The first kappa shape index (κ1) is 25.1. The first-order chi connectivity index (χ1) is 17.8. The van der Waals surface area contributed by atoms with Crippen molar-refractivity contribution in [3.63, 3.8) is 0 Å². The van der Waals surface area contributed by atoms with E-state index in [-0.39, 0.29) is 36.5 Å². The predicted octanol–water partition coefficient (Wildman–Crippen LogP) is 0.241. The Bertz CT molecular complexity index is 1470. The number of carboxylic acids is 1. The number of aromatic nitrogens is 4. The molecule has 37 heavy (non-hydrogen) atoms. The molecule has 12 nitrogen and oxygen atoms in total. The van der Waals surface area contributed by atoms with Crippen LogP contribution < -0.4 is 21.9 Å². The highest BCUT2D eigenvalue weighted by molar-refractivity contribution is 5.91. The van der Waals surface area contributed by atoms with Crippen LogP contribution in [0.4, 0.5) is 5.95 Å². The van der Waals surface area contributed by atoms with Gasteiger partial charge in [-0.3, -0.25) is 19.4 Å². The molecule has 0 bridgehead atoms. The zero-order valence-electron chi connectivity index (χ0n) is 19.6. The third kappa shape index (κ3) is 6.36. The maximum absolute atomic E-state index is 13.2. The Morgan fingerprint density at radius 2 is 1.54 bits per heavy atom. The van der Waals surface area contributed by atoms with E-state index in [1.54, 1.807) is 48.5 Å². The van der Waals surface area contributed by atoms with Crippen LogP contribution in [0.25, 0.3) is 11.2 Å². The highest BCUT2D eigenvalue weighted by Crippen LogP contribution is 2.09. The number of hydrogen-bond donors (Lipinski definition) is 5. The van der Waals surface area contributed by atoms with Crippen molar-refractivity contribution in [2.24, 2.45) is 0 Å². The second kappa shape index (κ2) is 11.2. The van der Waals surface area contributed by atoms with Crippen LogP contribution in [0.3, 0.4) is 0 Å². The molecule has 0 radical (unpaired) electrons. The average molecular weight is 504 g/mol. The van der Waals surface area contributed by atoms with Gasteiger partial charge in [-0.15, -0.1) is 0 Å². The van der Waals surface area contributed by atoms with E-state index in [9.17, 15) is 24.3 Å². The number of nitrogen functional groups attached to an aromatic ring is 1. The molecule has 0 fully saturated rings. The molecule has 0 spiro atoms. The maximum atomic E-state index is 13.2. The monoisotopic (exact) mass is 503 g/mol. The topological polar surface area (TPSA) is 185 Å². The summed E-state index contributed by atoms with van der Waals surface area (Å²) in [7, 11) is 0. The van der Waals surface area contributed by atoms with Crippen LogP contribution in [0.15, 0.2) is 71.8 Å². The number of aliphatic carboxylic acids is 1. The van der Waals surface area contributed by atoms with Gasteiger partial charge in [-0.05, 0) is 11.1 Å². The highest BCUT2D eigenvalue weighted by atomic mass is 16.4. The van der Waals surface area contributed by atoms with Crippen molar-refractivity contribution < 1.29 is 19.5 Å². The summed E-state index contributed by atoms with van der Waals surface area (Å²) >= 11 is 0. The number of imidazole rings is 1. The number of nitrogens with one attached hydrogen (secondary N) is 3. The fourth-order valence-corrected chi connectivity index (χ4v) is 3.86. The third-order valence-electron chi connectivity index (χ3n) is 5.64. The largest absolute Gasteiger partial charge is 0.480 e. The first-order valence-corrected chi connectivity index (χ1v) is 11.4. The zero-order valence-corrected chi connectivity index (χ0v) is 19.6. The van der Waals surface area contributed by atoms with E-state index in [2.05, 4.69) is 25.6 Å². The molecule has 12 heteroatoms. The van der Waals surface area contributed by atoms with Crippen LogP contribution in [0.2, 0.25) is 0 Å². The zero-order chi connectivity index (χ0) is 26.4. The molecule has 0 aliphatic carbocycles. The summed E-state index contributed by atoms with van der Waals surface area (Å²) < 4.78 is 1.34. The van der Waals surface area contributed by atoms with E-state index >= 15 is 0 Å². The van der Waals surface area contributed by atoms with Gasteiger partial charge in [0.15, 0.2) is 11.2 Å². The summed E-state index contributed by atoms with van der Waals surface area (Å²) in [5, 5.41) is 14.9. The van der Waals surface area contributed by atoms with Crippen LogP contribution >= 0.6 is 0 Å². The molecule has 190 valence electrons. The van der Waals surface area contributed by atoms with Crippen LogP contribution in [0, 0.1) is 0 Å². The molecule has 0 aliphatic heterocycles. The summed E-state index contributed by atoms with van der Waals surface area (Å²) in [5.74, 6) is -2.53. The van der Waals surface area contributed by atoms with E-state index < -0.39 is 35.4 Å². The summed E-state index contributed by atoms with van der Waals surface area (Å²) in [6.45, 7) is -0.294. The van der Waals surface area contributed by atoms with E-state index in [1.165, 1.54) is 10.9 Å². The quantitative estimate of drug-likeness (QED) is 0.204. The van der Waals surface area contributed by atoms with Gasteiger partial charge in [0.2, 0.25) is 17.8 Å². The lowest BCUT2D eigenvalue weighted by Gasteiger charge is -2.22. The second-order valence-corrected chi connectivity index (χ2v) is 8.39. The van der Waals surface area contributed by atoms with Crippen LogP contribution in [-0.4, -0.2) is 54.5 Å². The van der Waals surface area contributed by atoms with Gasteiger partial charge in [0, 0.05) is 12.8 Å². The molecular formula is C25H25N7O5. The maximum Gasteiger partial charge on any atom is 0.326 e. The third-order valence-corrected chi connectivity index (χ3v) is 5.64. The van der Waals surface area contributed by atoms with Crippen molar-refractivity contribution in [3.05, 3.63) is 88.5 Å². The standard InChI is InChI=1S/C25H25N7O5/c26-25-30-21-20(23(35)31-25)27-14-32(21)13-19(33)28-17(11-15-7-3-1-4-8-15)22(34)29-18(24(36)37)12-16-9-5-2-6-10-16/h1-10,14,17-18H,11-13H2,(H,28,33)(H,29,34)(H,36,37)(H3,26,30,31,35). The number of carboxylic acid groups (broad SMARTS) is 1. The lowest BCUT2D eigenvalue weighted by Crippen LogP contribution is -2.53. The highest BCUT2D eigenvalue weighted by Gasteiger charge is 2.27. The summed E-state index contributed by atoms with van der Waals surface area (Å²) in [5.41, 5.74) is 6.72. The number of amides is 2. The van der Waals surface area contributed by atoms with Crippen LogP contribution in [-0.2, 0) is 33.8 Å². The van der Waals surface area contributed by atoms with Gasteiger partial charge in [-0.25, -0.2) is 9.78 Å². The normalized spacial score (nSPS) is 12.5. The Morgan fingerprint density at radius 1 is 0.946 bits per heavy atom. The van der Waals surface area contributed by atoms with Crippen molar-refractivity contribution in [1.82, 2.24) is 30.2 Å². The fourth-order valence-electron chi connectivity index (χ4n) is 3.86. The molecule has 0 aliphatic rings. The molecule has 2 aromatic heterocycles. The predicted molar refractivity (Wildman–Crippen MR) is 134 cm³/mol. The van der Waals surface area contributed by atoms with Crippen molar-refractivity contribution >= 4 is 34.9 Å². The van der Waals surface area contributed by atoms with Gasteiger partial charge in [-0.1, -0.05) is 60.7 Å². The number of nitrogens with zero attached hydrogens (tertiary/aromatic N) is 3. The molecule has 0 saturated carbocycles. The number of hydrogen-bond acceptors (Lipinski definition) is 7. The molecular weight excluding hydrogens is 478 g/mol. The second-order valence-electron chi connectivity index (χ2n) is 8.39. The number of H-pyrrole nitrogens is 1. The fraction of sp³-hybridized carbons (Fsp3) is 0.200. The Kier molecular flexibility index (Phi) is 7.57. The van der Waals surface area contributed by atoms with Crippen LogP contribution in [0.1, 0.15) is 11.1 Å². The minimum absolute atomic E-state index is 0.0193. The molecule has 4 rings (SSSR count). The molecule has 4 aromatic rings. The number of carbonyl (C=O) groups is 3. The number of anilines is 1. The van der Waals surface area contributed by atoms with E-state index in [1.807, 2.05) is 12.1 Å². The van der Waals surface area contributed by atoms with Gasteiger partial charge in [-0.2, -0.15) is 4.98 Å². The van der Waals surface area contributed by atoms with Crippen molar-refractivity contribution in [3.8, 4) is 0 Å². The molecule has 2 atom stereocenters. The lowest BCUT2D eigenvalue weighted by molar-refractivity contribution is -0.142. The molecule has 2 aromatic carbocycles.